The standard InChI is InChI=1S/C20H28ClN3O5S/c1-20(2)10-6-5-7-13(20)23-15-14(17(26)18(15)27)22-12-9-8-11(21)19(16(12)25)30(28,29)24(3)4/h8-9,13-15,22-23,25H,5-7,10H2,1-4H3. The topological polar surface area (TPSA) is 116 Å². The minimum atomic E-state index is -4.02. The number of halogens is 1. The van der Waals surface area contributed by atoms with E-state index in [4.69, 9.17) is 11.6 Å². The molecule has 3 atom stereocenters. The van der Waals surface area contributed by atoms with Crippen molar-refractivity contribution in [3.8, 4) is 5.75 Å². The number of benzene rings is 1. The van der Waals surface area contributed by atoms with Crippen molar-refractivity contribution in [1.29, 1.82) is 0 Å². The molecule has 0 amide bonds. The first-order valence-electron chi connectivity index (χ1n) is 9.92. The maximum atomic E-state index is 12.5. The SMILES string of the molecule is CN(C)S(=O)(=O)c1c(Cl)ccc(NC2C(=O)C(=O)C2NC2CCCCC2(C)C)c1O. The molecule has 1 aromatic carbocycles. The van der Waals surface area contributed by atoms with E-state index in [1.165, 1.54) is 26.2 Å². The molecule has 30 heavy (non-hydrogen) atoms. The molecule has 2 aliphatic carbocycles. The molecule has 1 aromatic rings. The minimum Gasteiger partial charge on any atom is -0.504 e. The quantitative estimate of drug-likeness (QED) is 0.442. The first-order valence-corrected chi connectivity index (χ1v) is 11.7. The first kappa shape index (κ1) is 23.0. The van der Waals surface area contributed by atoms with E-state index in [-0.39, 0.29) is 22.2 Å². The number of aromatic hydroxyl groups is 1. The molecule has 0 aromatic heterocycles. The van der Waals surface area contributed by atoms with E-state index >= 15 is 0 Å². The lowest BCUT2D eigenvalue weighted by Gasteiger charge is -2.44. The van der Waals surface area contributed by atoms with Crippen molar-refractivity contribution in [2.75, 3.05) is 19.4 Å². The molecular weight excluding hydrogens is 430 g/mol. The number of nitrogens with zero attached hydrogens (tertiary/aromatic N) is 1. The summed E-state index contributed by atoms with van der Waals surface area (Å²) < 4.78 is 26.0. The number of hydrogen-bond acceptors (Lipinski definition) is 7. The second kappa shape index (κ2) is 8.11. The van der Waals surface area contributed by atoms with Crippen molar-refractivity contribution in [1.82, 2.24) is 9.62 Å². The fourth-order valence-electron chi connectivity index (χ4n) is 4.11. The zero-order valence-electron chi connectivity index (χ0n) is 17.5. The van der Waals surface area contributed by atoms with Crippen LogP contribution in [0.15, 0.2) is 17.0 Å². The Morgan fingerprint density at radius 3 is 2.37 bits per heavy atom. The van der Waals surface area contributed by atoms with Gasteiger partial charge in [0.15, 0.2) is 5.75 Å². The van der Waals surface area contributed by atoms with Crippen LogP contribution in [-0.4, -0.2) is 61.6 Å². The average Bonchev–Trinajstić information content (AvgIpc) is 2.66. The maximum Gasteiger partial charge on any atom is 0.247 e. The van der Waals surface area contributed by atoms with E-state index < -0.39 is 44.3 Å². The molecule has 0 heterocycles. The summed E-state index contributed by atoms with van der Waals surface area (Å²) in [6, 6.07) is 1.18. The predicted octanol–water partition coefficient (Wildman–Crippen LogP) is 2.16. The van der Waals surface area contributed by atoms with E-state index in [0.29, 0.717) is 0 Å². The second-order valence-corrected chi connectivity index (χ2v) is 11.3. The number of phenols is 1. The van der Waals surface area contributed by atoms with Crippen LogP contribution in [0.4, 0.5) is 5.69 Å². The molecule has 0 spiro atoms. The predicted molar refractivity (Wildman–Crippen MR) is 114 cm³/mol. The summed E-state index contributed by atoms with van der Waals surface area (Å²) >= 11 is 6.03. The number of ketones is 2. The molecule has 3 unspecified atom stereocenters. The summed E-state index contributed by atoms with van der Waals surface area (Å²) in [4.78, 5) is 24.1. The third kappa shape index (κ3) is 3.95. The van der Waals surface area contributed by atoms with Crippen LogP contribution in [0.3, 0.4) is 0 Å². The van der Waals surface area contributed by atoms with Crippen LogP contribution < -0.4 is 10.6 Å². The van der Waals surface area contributed by atoms with Crippen LogP contribution in [0.1, 0.15) is 39.5 Å². The third-order valence-electron chi connectivity index (χ3n) is 6.16. The van der Waals surface area contributed by atoms with E-state index in [9.17, 15) is 23.1 Å². The van der Waals surface area contributed by atoms with Gasteiger partial charge in [0.25, 0.3) is 0 Å². The highest BCUT2D eigenvalue weighted by atomic mass is 35.5. The Labute approximate surface area is 182 Å². The van der Waals surface area contributed by atoms with Crippen LogP contribution in [0.5, 0.6) is 5.75 Å². The highest BCUT2D eigenvalue weighted by Gasteiger charge is 2.51. The average molecular weight is 458 g/mol. The van der Waals surface area contributed by atoms with Gasteiger partial charge in [-0.1, -0.05) is 38.3 Å². The molecule has 0 saturated heterocycles. The lowest BCUT2D eigenvalue weighted by Crippen LogP contribution is -2.70. The number of Topliss-reactive ketones (excluding diaryl/α,β-unsaturated/α-hetero) is 2. The number of sulfonamides is 1. The molecule has 166 valence electrons. The minimum absolute atomic E-state index is 0.00289. The normalized spacial score (nSPS) is 26.5. The summed E-state index contributed by atoms with van der Waals surface area (Å²) in [7, 11) is -1.37. The fourth-order valence-corrected chi connectivity index (χ4v) is 5.59. The molecule has 0 bridgehead atoms. The van der Waals surface area contributed by atoms with Gasteiger partial charge in [-0.15, -0.1) is 0 Å². The highest BCUT2D eigenvalue weighted by Crippen LogP contribution is 2.40. The lowest BCUT2D eigenvalue weighted by atomic mass is 9.71. The van der Waals surface area contributed by atoms with Crippen molar-refractivity contribution in [3.05, 3.63) is 17.2 Å². The van der Waals surface area contributed by atoms with Crippen LogP contribution >= 0.6 is 11.6 Å². The van der Waals surface area contributed by atoms with Crippen LogP contribution in [-0.2, 0) is 19.6 Å². The van der Waals surface area contributed by atoms with Gasteiger partial charge in [0, 0.05) is 20.1 Å². The van der Waals surface area contributed by atoms with Crippen molar-refractivity contribution < 1.29 is 23.1 Å². The lowest BCUT2D eigenvalue weighted by molar-refractivity contribution is -0.146. The zero-order chi connectivity index (χ0) is 22.4. The fraction of sp³-hybridized carbons (Fsp3) is 0.600. The monoisotopic (exact) mass is 457 g/mol. The first-order chi connectivity index (χ1) is 13.9. The summed E-state index contributed by atoms with van der Waals surface area (Å²) in [6.07, 6.45) is 4.13. The zero-order valence-corrected chi connectivity index (χ0v) is 19.1. The molecule has 0 radical (unpaired) electrons. The molecule has 3 N–H and O–H groups in total. The molecule has 2 fully saturated rings. The van der Waals surface area contributed by atoms with Gasteiger partial charge in [0.05, 0.1) is 10.7 Å². The molecule has 0 aliphatic heterocycles. The van der Waals surface area contributed by atoms with Gasteiger partial charge >= 0.3 is 0 Å². The van der Waals surface area contributed by atoms with Crippen LogP contribution in [0, 0.1) is 5.41 Å². The number of hydrogen-bond donors (Lipinski definition) is 3. The summed E-state index contributed by atoms with van der Waals surface area (Å²) in [5.41, 5.74) is 0.0252. The number of anilines is 1. The molecule has 2 saturated carbocycles. The molecule has 2 aliphatic rings. The van der Waals surface area contributed by atoms with E-state index in [1.54, 1.807) is 0 Å². The number of carbonyl (C=O) groups excluding carboxylic acids is 2. The number of rotatable bonds is 6. The van der Waals surface area contributed by atoms with Crippen molar-refractivity contribution in [2.45, 2.75) is 62.6 Å². The Bertz CT molecular complexity index is 977. The molecule has 3 rings (SSSR count). The molecular formula is C20H28ClN3O5S. The summed E-state index contributed by atoms with van der Waals surface area (Å²) in [5, 5.41) is 16.6. The van der Waals surface area contributed by atoms with Gasteiger partial charge in [0.1, 0.15) is 17.0 Å². The van der Waals surface area contributed by atoms with Crippen molar-refractivity contribution in [2.24, 2.45) is 5.41 Å². The van der Waals surface area contributed by atoms with Gasteiger partial charge < -0.3 is 15.7 Å². The van der Waals surface area contributed by atoms with Crippen molar-refractivity contribution >= 4 is 38.9 Å². The Kier molecular flexibility index (Phi) is 6.21. The Morgan fingerprint density at radius 2 is 1.77 bits per heavy atom. The molecule has 10 heteroatoms. The Balaban J connectivity index is 1.86. The number of nitrogens with one attached hydrogen (secondary N) is 2. The van der Waals surface area contributed by atoms with Crippen LogP contribution in [0.2, 0.25) is 5.02 Å². The van der Waals surface area contributed by atoms with Crippen LogP contribution in [0.25, 0.3) is 0 Å². The van der Waals surface area contributed by atoms with E-state index in [0.717, 1.165) is 30.0 Å². The van der Waals surface area contributed by atoms with Gasteiger partial charge in [-0.3, -0.25) is 9.59 Å². The van der Waals surface area contributed by atoms with Crippen molar-refractivity contribution in [3.63, 3.8) is 0 Å². The maximum absolute atomic E-state index is 12.5. The van der Waals surface area contributed by atoms with Gasteiger partial charge in [-0.25, -0.2) is 12.7 Å². The van der Waals surface area contributed by atoms with E-state index in [1.807, 2.05) is 0 Å². The van der Waals surface area contributed by atoms with Gasteiger partial charge in [0.2, 0.25) is 21.6 Å². The van der Waals surface area contributed by atoms with Gasteiger partial charge in [-0.2, -0.15) is 0 Å². The van der Waals surface area contributed by atoms with E-state index in [2.05, 4.69) is 24.5 Å². The highest BCUT2D eigenvalue weighted by molar-refractivity contribution is 7.89. The Morgan fingerprint density at radius 1 is 1.13 bits per heavy atom. The molecule has 8 nitrogen and oxygen atoms in total. The Hall–Kier alpha value is -1.68. The summed E-state index contributed by atoms with van der Waals surface area (Å²) in [5.74, 6) is -1.70. The third-order valence-corrected chi connectivity index (χ3v) is 8.48. The second-order valence-electron chi connectivity index (χ2n) is 8.84. The van der Waals surface area contributed by atoms with Gasteiger partial charge in [-0.05, 0) is 30.4 Å². The number of phenolic OH excluding ortho intramolecular Hbond substituents is 1. The number of carbonyl (C=O) groups is 2. The smallest absolute Gasteiger partial charge is 0.247 e. The largest absolute Gasteiger partial charge is 0.504 e. The summed E-state index contributed by atoms with van der Waals surface area (Å²) in [6.45, 7) is 4.28.